The van der Waals surface area contributed by atoms with E-state index >= 15 is 0 Å². The molecule has 0 bridgehead atoms. The Kier molecular flexibility index (Phi) is 4.40. The van der Waals surface area contributed by atoms with Crippen LogP contribution in [0, 0.1) is 23.6 Å². The molecule has 1 heterocycles. The van der Waals surface area contributed by atoms with Gasteiger partial charge in [-0.15, -0.1) is 0 Å². The van der Waals surface area contributed by atoms with E-state index in [0.717, 1.165) is 21.9 Å². The summed E-state index contributed by atoms with van der Waals surface area (Å²) in [4.78, 5) is 4.49. The van der Waals surface area contributed by atoms with Gasteiger partial charge in [-0.2, -0.15) is 0 Å². The van der Waals surface area contributed by atoms with Gasteiger partial charge in [-0.05, 0) is 36.0 Å². The van der Waals surface area contributed by atoms with Gasteiger partial charge >= 0.3 is 0 Å². The van der Waals surface area contributed by atoms with Crippen molar-refractivity contribution in [3.63, 3.8) is 0 Å². The van der Waals surface area contributed by atoms with E-state index in [9.17, 15) is 4.39 Å². The highest BCUT2D eigenvalue weighted by atomic mass is 32.1. The number of halogens is 1. The van der Waals surface area contributed by atoms with Gasteiger partial charge in [0, 0.05) is 6.54 Å². The number of rotatable bonds is 5. The maximum Gasteiger partial charge on any atom is 0.183 e. The van der Waals surface area contributed by atoms with Crippen molar-refractivity contribution >= 4 is 26.7 Å². The molecule has 1 aromatic heterocycles. The Bertz CT molecular complexity index is 540. The third kappa shape index (κ3) is 3.44. The Labute approximate surface area is 118 Å². The molecule has 0 atom stereocenters. The molecule has 0 fully saturated rings. The summed E-state index contributed by atoms with van der Waals surface area (Å²) in [5.74, 6) is 1.69. The Morgan fingerprint density at radius 2 is 1.89 bits per heavy atom. The van der Waals surface area contributed by atoms with Crippen LogP contribution in [-0.2, 0) is 0 Å². The number of anilines is 1. The molecule has 104 valence electrons. The zero-order chi connectivity index (χ0) is 14.0. The minimum absolute atomic E-state index is 0.204. The summed E-state index contributed by atoms with van der Waals surface area (Å²) in [6.07, 6.45) is 0. The maximum atomic E-state index is 13.1. The first-order chi connectivity index (χ1) is 8.97. The molecular formula is C15H21FN2S. The Morgan fingerprint density at radius 1 is 1.21 bits per heavy atom. The van der Waals surface area contributed by atoms with Crippen LogP contribution in [0.1, 0.15) is 27.7 Å². The van der Waals surface area contributed by atoms with Gasteiger partial charge in [0.2, 0.25) is 0 Å². The van der Waals surface area contributed by atoms with Crippen molar-refractivity contribution in [2.45, 2.75) is 27.7 Å². The topological polar surface area (TPSA) is 24.9 Å². The molecule has 2 rings (SSSR count). The quantitative estimate of drug-likeness (QED) is 0.853. The predicted molar refractivity (Wildman–Crippen MR) is 81.2 cm³/mol. The van der Waals surface area contributed by atoms with Crippen LogP contribution >= 0.6 is 11.3 Å². The molecule has 2 nitrogen and oxygen atoms in total. The zero-order valence-electron chi connectivity index (χ0n) is 11.9. The van der Waals surface area contributed by atoms with E-state index in [1.54, 1.807) is 12.1 Å². The first kappa shape index (κ1) is 14.3. The van der Waals surface area contributed by atoms with Crippen molar-refractivity contribution in [2.75, 3.05) is 11.9 Å². The van der Waals surface area contributed by atoms with E-state index in [2.05, 4.69) is 38.0 Å². The molecule has 0 aliphatic carbocycles. The molecule has 0 saturated carbocycles. The Balaban J connectivity index is 2.09. The average Bonchev–Trinajstić information content (AvgIpc) is 2.70. The third-order valence-electron chi connectivity index (χ3n) is 3.55. The van der Waals surface area contributed by atoms with Gasteiger partial charge in [0.15, 0.2) is 5.13 Å². The summed E-state index contributed by atoms with van der Waals surface area (Å²) >= 11 is 1.51. The first-order valence-corrected chi connectivity index (χ1v) is 7.59. The predicted octanol–water partition coefficient (Wildman–Crippen LogP) is 4.78. The van der Waals surface area contributed by atoms with E-state index in [-0.39, 0.29) is 5.82 Å². The lowest BCUT2D eigenvalue weighted by molar-refractivity contribution is 0.304. The lowest BCUT2D eigenvalue weighted by Gasteiger charge is -2.24. The molecule has 4 heteroatoms. The normalized spacial score (nSPS) is 12.0. The summed E-state index contributed by atoms with van der Waals surface area (Å²) < 4.78 is 14.0. The Morgan fingerprint density at radius 3 is 2.53 bits per heavy atom. The fourth-order valence-electron chi connectivity index (χ4n) is 2.42. The van der Waals surface area contributed by atoms with Crippen LogP contribution in [0.5, 0.6) is 0 Å². The van der Waals surface area contributed by atoms with Gasteiger partial charge in [-0.1, -0.05) is 39.0 Å². The molecule has 0 spiro atoms. The van der Waals surface area contributed by atoms with Crippen LogP contribution < -0.4 is 5.32 Å². The van der Waals surface area contributed by atoms with Crippen molar-refractivity contribution in [3.8, 4) is 0 Å². The largest absolute Gasteiger partial charge is 0.361 e. The van der Waals surface area contributed by atoms with Crippen LogP contribution in [0.3, 0.4) is 0 Å². The van der Waals surface area contributed by atoms with Crippen molar-refractivity contribution in [1.82, 2.24) is 4.98 Å². The number of nitrogens with zero attached hydrogens (tertiary/aromatic N) is 1. The molecule has 19 heavy (non-hydrogen) atoms. The van der Waals surface area contributed by atoms with E-state index in [1.165, 1.54) is 17.4 Å². The minimum atomic E-state index is -0.204. The Hall–Kier alpha value is -1.16. The first-order valence-electron chi connectivity index (χ1n) is 6.77. The summed E-state index contributed by atoms with van der Waals surface area (Å²) in [5.41, 5.74) is 0.861. The van der Waals surface area contributed by atoms with Crippen molar-refractivity contribution in [1.29, 1.82) is 0 Å². The summed E-state index contributed by atoms with van der Waals surface area (Å²) in [5, 5.41) is 4.28. The van der Waals surface area contributed by atoms with E-state index in [1.807, 2.05) is 0 Å². The molecular weight excluding hydrogens is 259 g/mol. The SMILES string of the molecule is CC(C)C(CNc1nc2ccc(F)cc2s1)C(C)C. The highest BCUT2D eigenvalue weighted by Gasteiger charge is 2.17. The molecule has 2 aromatic rings. The van der Waals surface area contributed by atoms with Gasteiger partial charge in [0.1, 0.15) is 5.82 Å². The standard InChI is InChI=1S/C15H21FN2S/c1-9(2)12(10(3)4)8-17-15-18-13-6-5-11(16)7-14(13)19-15/h5-7,9-10,12H,8H2,1-4H3,(H,17,18). The smallest absolute Gasteiger partial charge is 0.183 e. The van der Waals surface area contributed by atoms with Crippen molar-refractivity contribution in [2.24, 2.45) is 17.8 Å². The molecule has 1 aromatic carbocycles. The second-order valence-corrected chi connectivity index (χ2v) is 6.69. The number of fused-ring (bicyclic) bond motifs is 1. The van der Waals surface area contributed by atoms with E-state index < -0.39 is 0 Å². The lowest BCUT2D eigenvalue weighted by atomic mass is 9.86. The number of hydrogen-bond acceptors (Lipinski definition) is 3. The molecule has 0 amide bonds. The molecule has 0 unspecified atom stereocenters. The van der Waals surface area contributed by atoms with Crippen molar-refractivity contribution < 1.29 is 4.39 Å². The highest BCUT2D eigenvalue weighted by Crippen LogP contribution is 2.28. The molecule has 0 radical (unpaired) electrons. The van der Waals surface area contributed by atoms with Crippen LogP contribution in [0.15, 0.2) is 18.2 Å². The van der Waals surface area contributed by atoms with Crippen molar-refractivity contribution in [3.05, 3.63) is 24.0 Å². The molecule has 0 aliphatic heterocycles. The van der Waals surface area contributed by atoms with Crippen LogP contribution in [0.25, 0.3) is 10.2 Å². The van der Waals surface area contributed by atoms with Crippen LogP contribution in [0.2, 0.25) is 0 Å². The molecule has 0 aliphatic rings. The average molecular weight is 280 g/mol. The van der Waals surface area contributed by atoms with Gasteiger partial charge in [-0.3, -0.25) is 0 Å². The summed E-state index contributed by atoms with van der Waals surface area (Å²) in [7, 11) is 0. The van der Waals surface area contributed by atoms with E-state index in [4.69, 9.17) is 0 Å². The minimum Gasteiger partial charge on any atom is -0.361 e. The van der Waals surface area contributed by atoms with Crippen LogP contribution in [-0.4, -0.2) is 11.5 Å². The number of hydrogen-bond donors (Lipinski definition) is 1. The van der Waals surface area contributed by atoms with Gasteiger partial charge in [0.05, 0.1) is 10.2 Å². The zero-order valence-corrected chi connectivity index (χ0v) is 12.7. The molecule has 1 N–H and O–H groups in total. The fourth-order valence-corrected chi connectivity index (χ4v) is 3.32. The third-order valence-corrected chi connectivity index (χ3v) is 4.53. The second-order valence-electron chi connectivity index (χ2n) is 5.66. The number of aromatic nitrogens is 1. The van der Waals surface area contributed by atoms with E-state index in [0.29, 0.717) is 17.8 Å². The van der Waals surface area contributed by atoms with Crippen LogP contribution in [0.4, 0.5) is 9.52 Å². The monoisotopic (exact) mass is 280 g/mol. The summed E-state index contributed by atoms with van der Waals surface area (Å²) in [6, 6.07) is 4.73. The van der Waals surface area contributed by atoms with Gasteiger partial charge < -0.3 is 5.32 Å². The number of thiazole rings is 1. The second kappa shape index (κ2) is 5.87. The maximum absolute atomic E-state index is 13.1. The summed E-state index contributed by atoms with van der Waals surface area (Å²) in [6.45, 7) is 9.91. The fraction of sp³-hybridized carbons (Fsp3) is 0.533. The highest BCUT2D eigenvalue weighted by molar-refractivity contribution is 7.22. The number of benzene rings is 1. The lowest BCUT2D eigenvalue weighted by Crippen LogP contribution is -2.24. The van der Waals surface area contributed by atoms with Gasteiger partial charge in [-0.25, -0.2) is 9.37 Å². The number of nitrogens with one attached hydrogen (secondary N) is 1. The van der Waals surface area contributed by atoms with Gasteiger partial charge in [0.25, 0.3) is 0 Å². The molecule has 0 saturated heterocycles.